The molecule has 1 saturated heterocycles. The van der Waals surface area contributed by atoms with Gasteiger partial charge in [-0.25, -0.2) is 0 Å². The number of aromatic nitrogens is 2. The highest BCUT2D eigenvalue weighted by Crippen LogP contribution is 2.33. The van der Waals surface area contributed by atoms with E-state index in [0.29, 0.717) is 0 Å². The maximum Gasteiger partial charge on any atom is 0.0565 e. The summed E-state index contributed by atoms with van der Waals surface area (Å²) >= 11 is 0. The molecule has 92 valence electrons. The Kier molecular flexibility index (Phi) is 2.76. The van der Waals surface area contributed by atoms with Crippen molar-refractivity contribution in [2.75, 3.05) is 13.1 Å². The Morgan fingerprint density at radius 2 is 2.28 bits per heavy atom. The fourth-order valence-electron chi connectivity index (χ4n) is 2.67. The molecule has 0 aliphatic carbocycles. The first-order valence-electron chi connectivity index (χ1n) is 6.28. The van der Waals surface area contributed by atoms with Crippen LogP contribution in [-0.2, 0) is 5.41 Å². The maximum absolute atomic E-state index is 4.03. The van der Waals surface area contributed by atoms with Crippen LogP contribution in [0.1, 0.15) is 12.0 Å². The van der Waals surface area contributed by atoms with Crippen LogP contribution in [0.15, 0.2) is 49.3 Å². The highest BCUT2D eigenvalue weighted by Gasteiger charge is 2.32. The van der Waals surface area contributed by atoms with Gasteiger partial charge in [0.25, 0.3) is 0 Å². The van der Waals surface area contributed by atoms with Gasteiger partial charge in [-0.3, -0.25) is 5.10 Å². The SMILES string of the molecule is C=CC1(c2cccc(-c3cn[nH]c3)c2)CCNC1. The smallest absolute Gasteiger partial charge is 0.0565 e. The first-order valence-corrected chi connectivity index (χ1v) is 6.28. The number of benzene rings is 1. The molecule has 0 spiro atoms. The second kappa shape index (κ2) is 4.42. The molecule has 1 aliphatic rings. The van der Waals surface area contributed by atoms with E-state index in [1.165, 1.54) is 11.1 Å². The van der Waals surface area contributed by atoms with Gasteiger partial charge in [0.05, 0.1) is 6.20 Å². The minimum atomic E-state index is 0.0831. The molecule has 3 nitrogen and oxygen atoms in total. The van der Waals surface area contributed by atoms with Crippen molar-refractivity contribution in [3.8, 4) is 11.1 Å². The lowest BCUT2D eigenvalue weighted by atomic mass is 9.79. The van der Waals surface area contributed by atoms with Gasteiger partial charge in [-0.05, 0) is 24.1 Å². The van der Waals surface area contributed by atoms with E-state index in [1.807, 2.05) is 12.4 Å². The van der Waals surface area contributed by atoms with Crippen LogP contribution in [-0.4, -0.2) is 23.3 Å². The third-order valence-corrected chi connectivity index (χ3v) is 3.85. The zero-order chi connectivity index (χ0) is 12.4. The van der Waals surface area contributed by atoms with Crippen LogP contribution in [0.25, 0.3) is 11.1 Å². The summed E-state index contributed by atoms with van der Waals surface area (Å²) < 4.78 is 0. The lowest BCUT2D eigenvalue weighted by molar-refractivity contribution is 0.596. The monoisotopic (exact) mass is 239 g/mol. The third-order valence-electron chi connectivity index (χ3n) is 3.85. The van der Waals surface area contributed by atoms with Gasteiger partial charge in [-0.1, -0.05) is 30.3 Å². The van der Waals surface area contributed by atoms with Gasteiger partial charge in [0.2, 0.25) is 0 Å². The number of H-pyrrole nitrogens is 1. The second-order valence-electron chi connectivity index (χ2n) is 4.85. The third kappa shape index (κ3) is 1.77. The minimum Gasteiger partial charge on any atom is -0.315 e. The molecule has 3 heteroatoms. The lowest BCUT2D eigenvalue weighted by Gasteiger charge is -2.25. The van der Waals surface area contributed by atoms with E-state index < -0.39 is 0 Å². The number of aromatic amines is 1. The predicted molar refractivity (Wildman–Crippen MR) is 73.4 cm³/mol. The van der Waals surface area contributed by atoms with Crippen molar-refractivity contribution >= 4 is 0 Å². The van der Waals surface area contributed by atoms with Gasteiger partial charge in [0.15, 0.2) is 0 Å². The quantitative estimate of drug-likeness (QED) is 0.808. The number of nitrogens with zero attached hydrogens (tertiary/aromatic N) is 1. The van der Waals surface area contributed by atoms with Crippen molar-refractivity contribution in [3.63, 3.8) is 0 Å². The standard InChI is InChI=1S/C15H17N3/c1-2-15(6-7-16-11-15)14-5-3-4-12(8-14)13-9-17-18-10-13/h2-5,8-10,16H,1,6-7,11H2,(H,17,18). The summed E-state index contributed by atoms with van der Waals surface area (Å²) in [7, 11) is 0. The van der Waals surface area contributed by atoms with E-state index in [-0.39, 0.29) is 5.41 Å². The summed E-state index contributed by atoms with van der Waals surface area (Å²) in [4.78, 5) is 0. The molecule has 18 heavy (non-hydrogen) atoms. The molecule has 2 aromatic rings. The molecule has 0 radical (unpaired) electrons. The van der Waals surface area contributed by atoms with E-state index in [2.05, 4.69) is 52.4 Å². The highest BCUT2D eigenvalue weighted by atomic mass is 15.1. The summed E-state index contributed by atoms with van der Waals surface area (Å²) in [6.45, 7) is 6.06. The van der Waals surface area contributed by atoms with Crippen LogP contribution >= 0.6 is 0 Å². The Morgan fingerprint density at radius 1 is 1.33 bits per heavy atom. The Bertz CT molecular complexity index is 537. The molecule has 0 saturated carbocycles. The van der Waals surface area contributed by atoms with Crippen molar-refractivity contribution in [1.82, 2.24) is 15.5 Å². The average Bonchev–Trinajstić information content (AvgIpc) is 3.11. The normalized spacial score (nSPS) is 23.1. The van der Waals surface area contributed by atoms with Crippen LogP contribution in [0.3, 0.4) is 0 Å². The Balaban J connectivity index is 2.03. The summed E-state index contributed by atoms with van der Waals surface area (Å²) in [5.74, 6) is 0. The molecule has 0 amide bonds. The molecule has 2 N–H and O–H groups in total. The predicted octanol–water partition coefficient (Wildman–Crippen LogP) is 2.49. The zero-order valence-electron chi connectivity index (χ0n) is 10.3. The topological polar surface area (TPSA) is 40.7 Å². The van der Waals surface area contributed by atoms with Gasteiger partial charge < -0.3 is 5.32 Å². The maximum atomic E-state index is 4.03. The first kappa shape index (κ1) is 11.2. The van der Waals surface area contributed by atoms with Crippen LogP contribution in [0.2, 0.25) is 0 Å². The summed E-state index contributed by atoms with van der Waals surface area (Å²) in [5, 5.41) is 10.3. The van der Waals surface area contributed by atoms with Crippen molar-refractivity contribution in [3.05, 3.63) is 54.9 Å². The summed E-state index contributed by atoms with van der Waals surface area (Å²) in [6.07, 6.45) is 6.98. The molecule has 1 atom stereocenters. The van der Waals surface area contributed by atoms with Gasteiger partial charge in [0.1, 0.15) is 0 Å². The van der Waals surface area contributed by atoms with Gasteiger partial charge >= 0.3 is 0 Å². The van der Waals surface area contributed by atoms with Gasteiger partial charge in [-0.2, -0.15) is 5.10 Å². The Hall–Kier alpha value is -1.87. The molecule has 1 aliphatic heterocycles. The zero-order valence-corrected chi connectivity index (χ0v) is 10.3. The van der Waals surface area contributed by atoms with Gasteiger partial charge in [0, 0.05) is 23.7 Å². The van der Waals surface area contributed by atoms with Crippen molar-refractivity contribution in [2.24, 2.45) is 0 Å². The Labute approximate surface area is 107 Å². The van der Waals surface area contributed by atoms with E-state index in [0.717, 1.165) is 25.1 Å². The average molecular weight is 239 g/mol. The van der Waals surface area contributed by atoms with Crippen LogP contribution < -0.4 is 5.32 Å². The minimum absolute atomic E-state index is 0.0831. The molecule has 1 fully saturated rings. The lowest BCUT2D eigenvalue weighted by Crippen LogP contribution is -2.26. The van der Waals surface area contributed by atoms with E-state index >= 15 is 0 Å². The summed E-state index contributed by atoms with van der Waals surface area (Å²) in [5.41, 5.74) is 3.75. The molecule has 3 rings (SSSR count). The van der Waals surface area contributed by atoms with Gasteiger partial charge in [-0.15, -0.1) is 6.58 Å². The molecule has 2 heterocycles. The summed E-state index contributed by atoms with van der Waals surface area (Å²) in [6, 6.07) is 8.67. The van der Waals surface area contributed by atoms with E-state index in [1.54, 1.807) is 0 Å². The van der Waals surface area contributed by atoms with Crippen LogP contribution in [0, 0.1) is 0 Å². The number of hydrogen-bond acceptors (Lipinski definition) is 2. The number of nitrogens with one attached hydrogen (secondary N) is 2. The highest BCUT2D eigenvalue weighted by molar-refractivity contribution is 5.63. The molecule has 1 unspecified atom stereocenters. The van der Waals surface area contributed by atoms with E-state index in [9.17, 15) is 0 Å². The van der Waals surface area contributed by atoms with E-state index in [4.69, 9.17) is 0 Å². The van der Waals surface area contributed by atoms with Crippen LogP contribution in [0.4, 0.5) is 0 Å². The van der Waals surface area contributed by atoms with Crippen LogP contribution in [0.5, 0.6) is 0 Å². The molecular weight excluding hydrogens is 222 g/mol. The fraction of sp³-hybridized carbons (Fsp3) is 0.267. The number of rotatable bonds is 3. The van der Waals surface area contributed by atoms with Crippen molar-refractivity contribution < 1.29 is 0 Å². The molecule has 1 aromatic heterocycles. The molecule has 0 bridgehead atoms. The fourth-order valence-corrected chi connectivity index (χ4v) is 2.67. The number of hydrogen-bond donors (Lipinski definition) is 2. The Morgan fingerprint density at radius 3 is 2.94 bits per heavy atom. The molecular formula is C15H17N3. The first-order chi connectivity index (χ1) is 8.84. The largest absolute Gasteiger partial charge is 0.315 e. The van der Waals surface area contributed by atoms with Crippen molar-refractivity contribution in [1.29, 1.82) is 0 Å². The molecule has 1 aromatic carbocycles. The second-order valence-corrected chi connectivity index (χ2v) is 4.85. The van der Waals surface area contributed by atoms with Crippen molar-refractivity contribution in [2.45, 2.75) is 11.8 Å².